The normalized spacial score (nSPS) is 14.8. The molecule has 5 heteroatoms. The number of hydrogen-bond donors (Lipinski definition) is 1. The molecule has 5 nitrogen and oxygen atoms in total. The number of nitrogens with one attached hydrogen (secondary N) is 1. The highest BCUT2D eigenvalue weighted by Crippen LogP contribution is 2.33. The van der Waals surface area contributed by atoms with E-state index in [1.54, 1.807) is 0 Å². The van der Waals surface area contributed by atoms with Crippen LogP contribution in [-0.4, -0.2) is 20.7 Å². The topological polar surface area (TPSA) is 59.8 Å². The second-order valence-corrected chi connectivity index (χ2v) is 7.61. The molecule has 0 saturated heterocycles. The fraction of sp³-hybridized carbons (Fsp3) is 0.591. The average molecular weight is 369 g/mol. The molecule has 146 valence electrons. The van der Waals surface area contributed by atoms with Crippen molar-refractivity contribution in [2.24, 2.45) is 5.92 Å². The fourth-order valence-electron chi connectivity index (χ4n) is 4.09. The molecule has 2 aromatic rings. The average Bonchev–Trinajstić information content (AvgIpc) is 3.36. The molecule has 1 aliphatic rings. The van der Waals surface area contributed by atoms with Gasteiger partial charge in [-0.25, -0.2) is 0 Å². The fourth-order valence-corrected chi connectivity index (χ4v) is 4.09. The molecule has 1 aliphatic carbocycles. The Morgan fingerprint density at radius 3 is 2.59 bits per heavy atom. The molecular weight excluding hydrogens is 336 g/mol. The second-order valence-electron chi connectivity index (χ2n) is 7.61. The Kier molecular flexibility index (Phi) is 7.02. The molecule has 3 rings (SSSR count). The summed E-state index contributed by atoms with van der Waals surface area (Å²) in [6, 6.07) is 8.51. The molecule has 1 fully saturated rings. The lowest BCUT2D eigenvalue weighted by molar-refractivity contribution is -0.125. The molecule has 1 N–H and O–H groups in total. The second kappa shape index (κ2) is 9.67. The van der Waals surface area contributed by atoms with Crippen LogP contribution in [0.15, 0.2) is 30.5 Å². The molecule has 0 aromatic carbocycles. The Hall–Kier alpha value is -2.17. The van der Waals surface area contributed by atoms with Gasteiger partial charge in [0.05, 0.1) is 29.7 Å². The van der Waals surface area contributed by atoms with Crippen LogP contribution in [-0.2, 0) is 11.3 Å². The van der Waals surface area contributed by atoms with E-state index in [2.05, 4.69) is 34.9 Å². The van der Waals surface area contributed by atoms with Crippen molar-refractivity contribution in [1.82, 2.24) is 20.1 Å². The Labute approximate surface area is 162 Å². The highest BCUT2D eigenvalue weighted by Gasteiger charge is 2.23. The van der Waals surface area contributed by atoms with Gasteiger partial charge in [-0.1, -0.05) is 45.6 Å². The summed E-state index contributed by atoms with van der Waals surface area (Å²) in [6.07, 6.45) is 10.7. The lowest BCUT2D eigenvalue weighted by Crippen LogP contribution is -2.30. The summed E-state index contributed by atoms with van der Waals surface area (Å²) in [5.74, 6) is 0.278. The number of aromatic nitrogens is 3. The van der Waals surface area contributed by atoms with Crippen molar-refractivity contribution in [2.75, 3.05) is 0 Å². The molecule has 0 unspecified atom stereocenters. The zero-order valence-corrected chi connectivity index (χ0v) is 16.7. The van der Waals surface area contributed by atoms with Crippen molar-refractivity contribution in [3.63, 3.8) is 0 Å². The molecule has 0 atom stereocenters. The minimum absolute atomic E-state index is 0.118. The van der Waals surface area contributed by atoms with E-state index in [9.17, 15) is 4.79 Å². The van der Waals surface area contributed by atoms with Crippen molar-refractivity contribution < 1.29 is 4.79 Å². The molecule has 2 aromatic heterocycles. The van der Waals surface area contributed by atoms with Gasteiger partial charge in [-0.3, -0.25) is 14.5 Å². The summed E-state index contributed by atoms with van der Waals surface area (Å²) in [5, 5.41) is 7.97. The van der Waals surface area contributed by atoms with Gasteiger partial charge in [0.25, 0.3) is 0 Å². The van der Waals surface area contributed by atoms with Gasteiger partial charge in [0.1, 0.15) is 0 Å². The molecule has 0 radical (unpaired) electrons. The number of rotatable bonds is 9. The zero-order chi connectivity index (χ0) is 19.1. The molecule has 0 bridgehead atoms. The third-order valence-corrected chi connectivity index (χ3v) is 5.47. The van der Waals surface area contributed by atoms with Gasteiger partial charge >= 0.3 is 0 Å². The summed E-state index contributed by atoms with van der Waals surface area (Å²) in [7, 11) is 0. The Bertz CT molecular complexity index is 713. The zero-order valence-electron chi connectivity index (χ0n) is 16.7. The third-order valence-electron chi connectivity index (χ3n) is 5.47. The van der Waals surface area contributed by atoms with Crippen LogP contribution in [0.4, 0.5) is 0 Å². The molecule has 27 heavy (non-hydrogen) atoms. The Morgan fingerprint density at radius 1 is 1.22 bits per heavy atom. The minimum Gasteiger partial charge on any atom is -0.350 e. The van der Waals surface area contributed by atoms with Crippen molar-refractivity contribution >= 4 is 5.91 Å². The lowest BCUT2D eigenvalue weighted by atomic mass is 9.97. The monoisotopic (exact) mass is 368 g/mol. The van der Waals surface area contributed by atoms with E-state index >= 15 is 0 Å². The van der Waals surface area contributed by atoms with Gasteiger partial charge in [0, 0.05) is 12.1 Å². The van der Waals surface area contributed by atoms with Crippen molar-refractivity contribution in [3.05, 3.63) is 36.2 Å². The molecule has 2 heterocycles. The standard InChI is InChI=1S/C22H32N4O/c1-3-9-17(10-4-2)22(27)24-16-18-15-21(20-13-7-8-14-23-20)26(25-18)19-11-5-6-12-19/h7-8,13-15,17,19H,3-6,9-12,16H2,1-2H3,(H,24,27). The Balaban J connectivity index is 1.75. The number of nitrogens with zero attached hydrogens (tertiary/aromatic N) is 3. The van der Waals surface area contributed by atoms with E-state index in [-0.39, 0.29) is 11.8 Å². The first-order valence-electron chi connectivity index (χ1n) is 10.5. The van der Waals surface area contributed by atoms with E-state index in [1.807, 2.05) is 24.4 Å². The first-order chi connectivity index (χ1) is 13.2. The first-order valence-corrected chi connectivity index (χ1v) is 10.5. The third kappa shape index (κ3) is 4.96. The summed E-state index contributed by atoms with van der Waals surface area (Å²) in [5.41, 5.74) is 2.93. The van der Waals surface area contributed by atoms with Crippen LogP contribution in [0.3, 0.4) is 0 Å². The van der Waals surface area contributed by atoms with Gasteiger partial charge in [0.2, 0.25) is 5.91 Å². The quantitative estimate of drug-likeness (QED) is 0.685. The number of amides is 1. The van der Waals surface area contributed by atoms with Gasteiger partial charge in [0.15, 0.2) is 0 Å². The van der Waals surface area contributed by atoms with Crippen molar-refractivity contribution in [1.29, 1.82) is 0 Å². The minimum atomic E-state index is 0.118. The number of hydrogen-bond acceptors (Lipinski definition) is 3. The molecule has 0 aliphatic heterocycles. The van der Waals surface area contributed by atoms with Crippen LogP contribution >= 0.6 is 0 Å². The van der Waals surface area contributed by atoms with E-state index in [1.165, 1.54) is 25.7 Å². The van der Waals surface area contributed by atoms with Gasteiger partial charge < -0.3 is 5.32 Å². The summed E-state index contributed by atoms with van der Waals surface area (Å²) < 4.78 is 2.15. The Morgan fingerprint density at radius 2 is 1.96 bits per heavy atom. The van der Waals surface area contributed by atoms with Crippen LogP contribution in [0.25, 0.3) is 11.4 Å². The van der Waals surface area contributed by atoms with Crippen molar-refractivity contribution in [3.8, 4) is 11.4 Å². The van der Waals surface area contributed by atoms with Gasteiger partial charge in [-0.2, -0.15) is 5.10 Å². The van der Waals surface area contributed by atoms with E-state index < -0.39 is 0 Å². The summed E-state index contributed by atoms with van der Waals surface area (Å²) in [4.78, 5) is 17.1. The van der Waals surface area contributed by atoms with Crippen LogP contribution in [0.1, 0.15) is 76.9 Å². The predicted molar refractivity (Wildman–Crippen MR) is 108 cm³/mol. The largest absolute Gasteiger partial charge is 0.350 e. The van der Waals surface area contributed by atoms with Crippen LogP contribution in [0, 0.1) is 5.92 Å². The lowest BCUT2D eigenvalue weighted by Gasteiger charge is -2.15. The first kappa shape index (κ1) is 19.6. The molecule has 1 saturated carbocycles. The van der Waals surface area contributed by atoms with Crippen LogP contribution in [0.2, 0.25) is 0 Å². The maximum Gasteiger partial charge on any atom is 0.223 e. The number of carbonyl (C=O) groups excluding carboxylic acids is 1. The predicted octanol–water partition coefficient (Wildman–Crippen LogP) is 4.89. The van der Waals surface area contributed by atoms with Gasteiger partial charge in [-0.05, 0) is 43.9 Å². The van der Waals surface area contributed by atoms with Gasteiger partial charge in [-0.15, -0.1) is 0 Å². The van der Waals surface area contributed by atoms with Crippen LogP contribution in [0.5, 0.6) is 0 Å². The van der Waals surface area contributed by atoms with E-state index in [0.717, 1.165) is 42.8 Å². The maximum absolute atomic E-state index is 12.6. The number of carbonyl (C=O) groups is 1. The SMILES string of the molecule is CCCC(CCC)C(=O)NCc1cc(-c2ccccn2)n(C2CCCC2)n1. The molecule has 1 amide bonds. The molecular formula is C22H32N4O. The van der Waals surface area contributed by atoms with E-state index in [0.29, 0.717) is 12.6 Å². The van der Waals surface area contributed by atoms with E-state index in [4.69, 9.17) is 5.10 Å². The smallest absolute Gasteiger partial charge is 0.223 e. The van der Waals surface area contributed by atoms with Crippen LogP contribution < -0.4 is 5.32 Å². The summed E-state index contributed by atoms with van der Waals surface area (Å²) >= 11 is 0. The highest BCUT2D eigenvalue weighted by atomic mass is 16.1. The summed E-state index contributed by atoms with van der Waals surface area (Å²) in [6.45, 7) is 4.76. The maximum atomic E-state index is 12.6. The number of pyridine rings is 1. The molecule has 0 spiro atoms. The van der Waals surface area contributed by atoms with Crippen molar-refractivity contribution in [2.45, 2.75) is 77.8 Å². The highest BCUT2D eigenvalue weighted by molar-refractivity contribution is 5.78.